The van der Waals surface area contributed by atoms with Gasteiger partial charge in [-0.25, -0.2) is 4.79 Å². The summed E-state index contributed by atoms with van der Waals surface area (Å²) in [5, 5.41) is 4.45. The Bertz CT molecular complexity index is 528. The predicted octanol–water partition coefficient (Wildman–Crippen LogP) is 1.65. The number of nitrogens with one attached hydrogen (secondary N) is 2. The van der Waals surface area contributed by atoms with Crippen LogP contribution in [0.15, 0.2) is 30.9 Å². The highest BCUT2D eigenvalue weighted by atomic mass is 16.5. The molecule has 0 spiro atoms. The van der Waals surface area contributed by atoms with E-state index in [1.807, 2.05) is 12.1 Å². The Balaban J connectivity index is 2.79. The van der Waals surface area contributed by atoms with Gasteiger partial charge in [-0.05, 0) is 31.0 Å². The molecule has 0 aliphatic heterocycles. The summed E-state index contributed by atoms with van der Waals surface area (Å²) < 4.78 is 10.8. The van der Waals surface area contributed by atoms with Crippen LogP contribution < -0.4 is 20.1 Å². The van der Waals surface area contributed by atoms with E-state index >= 15 is 0 Å². The molecule has 0 heterocycles. The van der Waals surface area contributed by atoms with Crippen molar-refractivity contribution in [2.75, 3.05) is 14.2 Å². The van der Waals surface area contributed by atoms with Gasteiger partial charge in [0.25, 0.3) is 5.91 Å². The third-order valence-corrected chi connectivity index (χ3v) is 2.74. The number of benzene rings is 1. The van der Waals surface area contributed by atoms with Crippen molar-refractivity contribution in [3.63, 3.8) is 0 Å². The topological polar surface area (TPSA) is 76.7 Å². The molecule has 0 aliphatic carbocycles. The highest BCUT2D eigenvalue weighted by Gasteiger charge is 2.18. The van der Waals surface area contributed by atoms with Gasteiger partial charge in [0, 0.05) is 7.05 Å². The Hall–Kier alpha value is -2.50. The lowest BCUT2D eigenvalue weighted by atomic mass is 10.1. The molecule has 0 radical (unpaired) electrons. The van der Waals surface area contributed by atoms with E-state index in [9.17, 15) is 9.59 Å². The molecule has 1 rings (SSSR count). The fraction of sp³-hybridized carbons (Fsp3) is 0.333. The molecule has 6 nitrogen and oxygen atoms in total. The Labute approximate surface area is 124 Å². The first-order chi connectivity index (χ1) is 10.0. The zero-order valence-electron chi connectivity index (χ0n) is 12.4. The molecule has 3 amide bonds. The minimum absolute atomic E-state index is 0.435. The molecule has 0 fully saturated rings. The number of hydrogen-bond donors (Lipinski definition) is 2. The van der Waals surface area contributed by atoms with Gasteiger partial charge >= 0.3 is 6.03 Å². The van der Waals surface area contributed by atoms with Gasteiger partial charge < -0.3 is 14.8 Å². The van der Waals surface area contributed by atoms with Crippen LogP contribution in [0.2, 0.25) is 0 Å². The minimum atomic E-state index is -0.832. The molecule has 114 valence electrons. The van der Waals surface area contributed by atoms with Crippen LogP contribution in [0.25, 0.3) is 0 Å². The molecule has 1 aromatic carbocycles. The van der Waals surface area contributed by atoms with Gasteiger partial charge in [0.15, 0.2) is 17.6 Å². The number of carbonyl (C=O) groups excluding carboxylic acids is 2. The Kier molecular flexibility index (Phi) is 6.26. The van der Waals surface area contributed by atoms with Crippen LogP contribution >= 0.6 is 0 Å². The van der Waals surface area contributed by atoms with Crippen LogP contribution in [0.4, 0.5) is 4.79 Å². The highest BCUT2D eigenvalue weighted by Crippen LogP contribution is 2.29. The number of ether oxygens (including phenoxy) is 2. The molecule has 0 saturated heterocycles. The van der Waals surface area contributed by atoms with Crippen LogP contribution in [0.5, 0.6) is 11.5 Å². The van der Waals surface area contributed by atoms with Gasteiger partial charge in [0.1, 0.15) is 0 Å². The minimum Gasteiger partial charge on any atom is -0.493 e. The average molecular weight is 292 g/mol. The second kappa shape index (κ2) is 7.94. The fourth-order valence-corrected chi connectivity index (χ4v) is 1.62. The first-order valence-corrected chi connectivity index (χ1v) is 6.48. The summed E-state index contributed by atoms with van der Waals surface area (Å²) in [5.74, 6) is 0.422. The zero-order chi connectivity index (χ0) is 15.8. The first-order valence-electron chi connectivity index (χ1n) is 6.48. The van der Waals surface area contributed by atoms with E-state index in [4.69, 9.17) is 9.47 Å². The predicted molar refractivity (Wildman–Crippen MR) is 79.6 cm³/mol. The molecule has 0 bridgehead atoms. The van der Waals surface area contributed by atoms with Crippen molar-refractivity contribution >= 4 is 11.9 Å². The van der Waals surface area contributed by atoms with Crippen molar-refractivity contribution in [1.29, 1.82) is 0 Å². The van der Waals surface area contributed by atoms with Crippen molar-refractivity contribution < 1.29 is 19.1 Å². The van der Waals surface area contributed by atoms with Crippen LogP contribution in [0.3, 0.4) is 0 Å². The van der Waals surface area contributed by atoms with Crippen molar-refractivity contribution in [3.8, 4) is 11.5 Å². The Morgan fingerprint density at radius 2 is 2.10 bits per heavy atom. The van der Waals surface area contributed by atoms with Crippen LogP contribution in [-0.2, 0) is 11.2 Å². The van der Waals surface area contributed by atoms with E-state index in [0.29, 0.717) is 17.9 Å². The molecule has 1 aromatic rings. The number of methoxy groups -OCH3 is 1. The summed E-state index contributed by atoms with van der Waals surface area (Å²) in [5.41, 5.74) is 1.02. The summed E-state index contributed by atoms with van der Waals surface area (Å²) >= 11 is 0. The third-order valence-electron chi connectivity index (χ3n) is 2.74. The summed E-state index contributed by atoms with van der Waals surface area (Å²) in [6.45, 7) is 5.23. The summed E-state index contributed by atoms with van der Waals surface area (Å²) in [6, 6.07) is 4.83. The molecule has 0 saturated carbocycles. The molecular formula is C15H20N2O4. The summed E-state index contributed by atoms with van der Waals surface area (Å²) in [4.78, 5) is 22.8. The van der Waals surface area contributed by atoms with Gasteiger partial charge in [-0.15, -0.1) is 6.58 Å². The maximum Gasteiger partial charge on any atom is 0.321 e. The molecule has 1 atom stereocenters. The van der Waals surface area contributed by atoms with E-state index < -0.39 is 18.0 Å². The number of amides is 3. The van der Waals surface area contributed by atoms with Gasteiger partial charge in [0.05, 0.1) is 7.11 Å². The van der Waals surface area contributed by atoms with E-state index in [2.05, 4.69) is 17.2 Å². The molecule has 21 heavy (non-hydrogen) atoms. The largest absolute Gasteiger partial charge is 0.493 e. The van der Waals surface area contributed by atoms with Crippen molar-refractivity contribution in [3.05, 3.63) is 36.4 Å². The zero-order valence-corrected chi connectivity index (χ0v) is 12.4. The fourth-order valence-electron chi connectivity index (χ4n) is 1.62. The lowest BCUT2D eigenvalue weighted by molar-refractivity contribution is -0.126. The van der Waals surface area contributed by atoms with Gasteiger partial charge in [0.2, 0.25) is 0 Å². The number of urea groups is 1. The monoisotopic (exact) mass is 292 g/mol. The standard InChI is InChI=1S/C15H20N2O4/c1-5-6-11-7-8-12(13(9-11)20-4)21-10(2)14(18)17-15(19)16-3/h5,7-10H,1,6H2,2-4H3,(H2,16,17,18,19)/t10-/m1/s1. The quantitative estimate of drug-likeness (QED) is 0.782. The normalized spacial score (nSPS) is 11.2. The Morgan fingerprint density at radius 1 is 1.38 bits per heavy atom. The number of imide groups is 1. The SMILES string of the molecule is C=CCc1ccc(O[C@H](C)C(=O)NC(=O)NC)c(OC)c1. The van der Waals surface area contributed by atoms with Gasteiger partial charge in [-0.1, -0.05) is 12.1 Å². The van der Waals surface area contributed by atoms with E-state index in [1.54, 1.807) is 19.1 Å². The lowest BCUT2D eigenvalue weighted by Gasteiger charge is -2.16. The van der Waals surface area contributed by atoms with Crippen molar-refractivity contribution in [1.82, 2.24) is 10.6 Å². The number of hydrogen-bond acceptors (Lipinski definition) is 4. The smallest absolute Gasteiger partial charge is 0.321 e. The van der Waals surface area contributed by atoms with Crippen LogP contribution in [-0.4, -0.2) is 32.2 Å². The van der Waals surface area contributed by atoms with Crippen LogP contribution in [0, 0.1) is 0 Å². The van der Waals surface area contributed by atoms with E-state index in [0.717, 1.165) is 5.56 Å². The molecule has 0 aliphatic rings. The summed E-state index contributed by atoms with van der Waals surface area (Å²) in [6.07, 6.45) is 1.67. The Morgan fingerprint density at radius 3 is 2.67 bits per heavy atom. The van der Waals surface area contributed by atoms with Crippen LogP contribution in [0.1, 0.15) is 12.5 Å². The first kappa shape index (κ1) is 16.6. The number of rotatable bonds is 6. The second-order valence-electron chi connectivity index (χ2n) is 4.31. The maximum absolute atomic E-state index is 11.7. The molecule has 0 unspecified atom stereocenters. The highest BCUT2D eigenvalue weighted by molar-refractivity contribution is 5.96. The third kappa shape index (κ3) is 4.83. The molecule has 2 N–H and O–H groups in total. The summed E-state index contributed by atoms with van der Waals surface area (Å²) in [7, 11) is 2.95. The van der Waals surface area contributed by atoms with E-state index in [1.165, 1.54) is 14.2 Å². The number of carbonyl (C=O) groups is 2. The van der Waals surface area contributed by atoms with Crippen molar-refractivity contribution in [2.24, 2.45) is 0 Å². The number of allylic oxidation sites excluding steroid dienone is 1. The average Bonchev–Trinajstić information content (AvgIpc) is 2.48. The second-order valence-corrected chi connectivity index (χ2v) is 4.31. The van der Waals surface area contributed by atoms with Gasteiger partial charge in [-0.3, -0.25) is 10.1 Å². The molecule has 6 heteroatoms. The molecular weight excluding hydrogens is 272 g/mol. The van der Waals surface area contributed by atoms with E-state index in [-0.39, 0.29) is 0 Å². The molecule has 0 aromatic heterocycles. The van der Waals surface area contributed by atoms with Crippen molar-refractivity contribution in [2.45, 2.75) is 19.4 Å². The lowest BCUT2D eigenvalue weighted by Crippen LogP contribution is -2.43. The van der Waals surface area contributed by atoms with Gasteiger partial charge in [-0.2, -0.15) is 0 Å². The maximum atomic E-state index is 11.7.